The molecule has 1 amide bonds. The van der Waals surface area contributed by atoms with E-state index in [2.05, 4.69) is 31.8 Å². The quantitative estimate of drug-likeness (QED) is 0.604. The van der Waals surface area contributed by atoms with E-state index >= 15 is 0 Å². The smallest absolute Gasteiger partial charge is 0.394 e. The maximum absolute atomic E-state index is 12.9. The van der Waals surface area contributed by atoms with Crippen molar-refractivity contribution in [1.82, 2.24) is 15.2 Å². The molecular formula is C22H37F2N4O2P. The van der Waals surface area contributed by atoms with Crippen molar-refractivity contribution in [2.45, 2.75) is 52.1 Å². The second kappa shape index (κ2) is 11.9. The molecule has 3 heterocycles. The van der Waals surface area contributed by atoms with Gasteiger partial charge in [-0.05, 0) is 69.8 Å². The first kappa shape index (κ1) is 25.7. The summed E-state index contributed by atoms with van der Waals surface area (Å²) in [6.07, 6.45) is 3.17. The SMILES string of the molecule is CCN1CCC(CCNC(=O)C2CCN(c3ccc(OC(C)(F)F)cn3)CC2)CC1.P. The van der Waals surface area contributed by atoms with Crippen LogP contribution in [-0.4, -0.2) is 61.2 Å². The molecule has 1 atom stereocenters. The molecule has 6 nitrogen and oxygen atoms in total. The molecule has 31 heavy (non-hydrogen) atoms. The zero-order valence-electron chi connectivity index (χ0n) is 18.8. The van der Waals surface area contributed by atoms with Crippen LogP contribution >= 0.6 is 9.90 Å². The molecule has 2 saturated heterocycles. The van der Waals surface area contributed by atoms with Gasteiger partial charge in [0.05, 0.1) is 6.20 Å². The van der Waals surface area contributed by atoms with Crippen LogP contribution in [0, 0.1) is 11.8 Å². The molecule has 0 bridgehead atoms. The Morgan fingerprint density at radius 1 is 1.19 bits per heavy atom. The Morgan fingerprint density at radius 2 is 1.87 bits per heavy atom. The zero-order valence-corrected chi connectivity index (χ0v) is 20.2. The lowest BCUT2D eigenvalue weighted by atomic mass is 9.93. The number of carbonyl (C=O) groups excluding carboxylic acids is 1. The number of rotatable bonds is 8. The lowest BCUT2D eigenvalue weighted by Gasteiger charge is -2.33. The first-order valence-corrected chi connectivity index (χ1v) is 11.1. The largest absolute Gasteiger partial charge is 0.431 e. The van der Waals surface area contributed by atoms with Gasteiger partial charge in [0.25, 0.3) is 0 Å². The summed E-state index contributed by atoms with van der Waals surface area (Å²) in [5.41, 5.74) is 0. The van der Waals surface area contributed by atoms with Gasteiger partial charge in [-0.2, -0.15) is 18.7 Å². The van der Waals surface area contributed by atoms with Gasteiger partial charge in [0.1, 0.15) is 11.6 Å². The average molecular weight is 459 g/mol. The van der Waals surface area contributed by atoms with Gasteiger partial charge >= 0.3 is 6.11 Å². The zero-order chi connectivity index (χ0) is 21.6. The molecule has 1 N–H and O–H groups in total. The van der Waals surface area contributed by atoms with Crippen LogP contribution in [0.3, 0.4) is 0 Å². The van der Waals surface area contributed by atoms with Crippen LogP contribution in [0.25, 0.3) is 0 Å². The summed E-state index contributed by atoms with van der Waals surface area (Å²) in [7, 11) is 0. The van der Waals surface area contributed by atoms with E-state index in [0.717, 1.165) is 57.2 Å². The fourth-order valence-electron chi connectivity index (χ4n) is 4.33. The van der Waals surface area contributed by atoms with Gasteiger partial charge in [-0.3, -0.25) is 4.79 Å². The molecule has 176 valence electrons. The monoisotopic (exact) mass is 458 g/mol. The van der Waals surface area contributed by atoms with Crippen molar-refractivity contribution >= 4 is 21.6 Å². The molecule has 1 aromatic rings. The van der Waals surface area contributed by atoms with E-state index in [-0.39, 0.29) is 27.5 Å². The van der Waals surface area contributed by atoms with Gasteiger partial charge in [0, 0.05) is 32.5 Å². The number of likely N-dealkylation sites (tertiary alicyclic amines) is 1. The minimum Gasteiger partial charge on any atom is -0.431 e. The number of piperidine rings is 2. The van der Waals surface area contributed by atoms with Gasteiger partial charge in [-0.25, -0.2) is 4.98 Å². The average Bonchev–Trinajstić information content (AvgIpc) is 2.74. The first-order chi connectivity index (χ1) is 14.3. The molecule has 0 saturated carbocycles. The van der Waals surface area contributed by atoms with E-state index < -0.39 is 6.11 Å². The topological polar surface area (TPSA) is 57.7 Å². The van der Waals surface area contributed by atoms with Crippen molar-refractivity contribution < 1.29 is 18.3 Å². The lowest BCUT2D eigenvalue weighted by Crippen LogP contribution is -2.41. The second-order valence-electron chi connectivity index (χ2n) is 8.48. The summed E-state index contributed by atoms with van der Waals surface area (Å²) in [6, 6.07) is 3.19. The van der Waals surface area contributed by atoms with Crippen LogP contribution < -0.4 is 15.0 Å². The number of aromatic nitrogens is 1. The summed E-state index contributed by atoms with van der Waals surface area (Å²) in [5.74, 6) is 1.67. The number of carbonyl (C=O) groups is 1. The highest BCUT2D eigenvalue weighted by molar-refractivity contribution is 6.92. The fourth-order valence-corrected chi connectivity index (χ4v) is 4.33. The number of hydrogen-bond donors (Lipinski definition) is 1. The molecule has 0 aromatic carbocycles. The van der Waals surface area contributed by atoms with Gasteiger partial charge < -0.3 is 19.9 Å². The third-order valence-corrected chi connectivity index (χ3v) is 6.21. The molecule has 0 spiro atoms. The van der Waals surface area contributed by atoms with Crippen molar-refractivity contribution in [3.8, 4) is 5.75 Å². The lowest BCUT2D eigenvalue weighted by molar-refractivity contribution is -0.159. The van der Waals surface area contributed by atoms with Crippen LogP contribution in [0.4, 0.5) is 14.6 Å². The summed E-state index contributed by atoms with van der Waals surface area (Å²) in [5, 5.41) is 3.13. The second-order valence-corrected chi connectivity index (χ2v) is 8.48. The summed E-state index contributed by atoms with van der Waals surface area (Å²) < 4.78 is 30.3. The normalized spacial score (nSPS) is 19.0. The maximum atomic E-state index is 12.9. The van der Waals surface area contributed by atoms with Crippen molar-refractivity contribution in [1.29, 1.82) is 0 Å². The third-order valence-electron chi connectivity index (χ3n) is 6.21. The van der Waals surface area contributed by atoms with Gasteiger partial charge in [-0.15, -0.1) is 0 Å². The predicted octanol–water partition coefficient (Wildman–Crippen LogP) is 3.59. The van der Waals surface area contributed by atoms with Crippen molar-refractivity contribution in [3.05, 3.63) is 18.3 Å². The number of alkyl halides is 2. The number of hydrogen-bond acceptors (Lipinski definition) is 5. The van der Waals surface area contributed by atoms with Crippen LogP contribution in [0.15, 0.2) is 18.3 Å². The number of halogens is 2. The number of nitrogens with one attached hydrogen (secondary N) is 1. The molecule has 1 unspecified atom stereocenters. The molecule has 1 aromatic heterocycles. The van der Waals surface area contributed by atoms with E-state index in [0.29, 0.717) is 6.92 Å². The minimum absolute atomic E-state index is 0. The predicted molar refractivity (Wildman–Crippen MR) is 124 cm³/mol. The van der Waals surface area contributed by atoms with E-state index in [9.17, 15) is 13.6 Å². The Kier molecular flexibility index (Phi) is 9.89. The summed E-state index contributed by atoms with van der Waals surface area (Å²) >= 11 is 0. The van der Waals surface area contributed by atoms with Gasteiger partial charge in [0.2, 0.25) is 5.91 Å². The van der Waals surface area contributed by atoms with Crippen LogP contribution in [0.5, 0.6) is 5.75 Å². The fraction of sp³-hybridized carbons (Fsp3) is 0.727. The molecule has 2 fully saturated rings. The van der Waals surface area contributed by atoms with Crippen LogP contribution in [0.1, 0.15) is 46.0 Å². The molecule has 9 heteroatoms. The molecule has 0 aliphatic carbocycles. The standard InChI is InChI=1S/C22H34F2N4O2.H3P/c1-3-27-12-7-17(8-13-27)6-11-25-21(29)18-9-14-28(15-10-18)20-5-4-19(16-26-20)30-22(2,23)24;/h4-5,16-18H,3,6-15H2,1-2H3,(H,25,29);1H3. The van der Waals surface area contributed by atoms with Crippen molar-refractivity contribution in [2.24, 2.45) is 11.8 Å². The molecule has 3 rings (SSSR count). The third kappa shape index (κ3) is 8.15. The minimum atomic E-state index is -3.22. The number of nitrogens with zero attached hydrogens (tertiary/aromatic N) is 3. The Hall–Kier alpha value is -1.53. The number of ether oxygens (including phenoxy) is 1. The Bertz CT molecular complexity index is 671. The number of anilines is 1. The maximum Gasteiger partial charge on any atom is 0.394 e. The molecular weight excluding hydrogens is 421 g/mol. The van der Waals surface area contributed by atoms with Crippen molar-refractivity contribution in [2.75, 3.05) is 44.2 Å². The number of amides is 1. The highest BCUT2D eigenvalue weighted by Gasteiger charge is 2.27. The van der Waals surface area contributed by atoms with E-state index in [1.807, 2.05) is 0 Å². The Morgan fingerprint density at radius 3 is 2.42 bits per heavy atom. The Balaban J connectivity index is 0.00000341. The Labute approximate surface area is 187 Å². The van der Waals surface area contributed by atoms with E-state index in [1.165, 1.54) is 38.2 Å². The molecule has 0 radical (unpaired) electrons. The van der Waals surface area contributed by atoms with Gasteiger partial charge in [-0.1, -0.05) is 6.92 Å². The van der Waals surface area contributed by atoms with Crippen LogP contribution in [-0.2, 0) is 4.79 Å². The van der Waals surface area contributed by atoms with E-state index in [1.54, 1.807) is 6.07 Å². The highest BCUT2D eigenvalue weighted by Crippen LogP contribution is 2.26. The first-order valence-electron chi connectivity index (χ1n) is 11.1. The molecule has 2 aliphatic heterocycles. The van der Waals surface area contributed by atoms with Gasteiger partial charge in [0.15, 0.2) is 0 Å². The number of pyridine rings is 1. The summed E-state index contributed by atoms with van der Waals surface area (Å²) in [6.45, 7) is 8.61. The van der Waals surface area contributed by atoms with Crippen molar-refractivity contribution in [3.63, 3.8) is 0 Å². The highest BCUT2D eigenvalue weighted by atomic mass is 31.0. The van der Waals surface area contributed by atoms with Crippen LogP contribution in [0.2, 0.25) is 0 Å². The molecule has 2 aliphatic rings. The van der Waals surface area contributed by atoms with E-state index in [4.69, 9.17) is 0 Å². The summed E-state index contributed by atoms with van der Waals surface area (Å²) in [4.78, 5) is 21.3.